The molecule has 7 aliphatic heterocycles. The van der Waals surface area contributed by atoms with Crippen LogP contribution in [0.4, 0.5) is 0 Å². The van der Waals surface area contributed by atoms with Crippen LogP contribution in [0.25, 0.3) is 0 Å². The van der Waals surface area contributed by atoms with Crippen LogP contribution in [0.5, 0.6) is 0 Å². The molecule has 0 amide bonds. The summed E-state index contributed by atoms with van der Waals surface area (Å²) in [7, 11) is 0. The van der Waals surface area contributed by atoms with E-state index in [1.165, 1.54) is 6.92 Å². The first-order chi connectivity index (χ1) is 45.5. The van der Waals surface area contributed by atoms with Crippen molar-refractivity contribution in [3.05, 3.63) is 0 Å². The maximum absolute atomic E-state index is 12.8. The van der Waals surface area contributed by atoms with Crippen molar-refractivity contribution in [3.8, 4) is 0 Å². The number of rotatable bonds is 21. The lowest BCUT2D eigenvalue weighted by molar-refractivity contribution is -0.413. The normalized spacial score (nSPS) is 55.6. The Morgan fingerprint density at radius 1 is 0.427 bits per heavy atom. The maximum atomic E-state index is 12.8. The molecule has 0 aromatic rings. The second kappa shape index (κ2) is 30.4. The van der Waals surface area contributed by atoms with E-state index in [2.05, 4.69) is 20.8 Å². The minimum absolute atomic E-state index is 0.0945. The van der Waals surface area contributed by atoms with Crippen molar-refractivity contribution in [1.82, 2.24) is 0 Å². The Bertz CT molecular complexity index is 2500. The molecule has 33 nitrogen and oxygen atoms in total. The molecule has 11 rings (SSSR count). The van der Waals surface area contributed by atoms with Gasteiger partial charge in [-0.25, -0.2) is 0 Å². The third-order valence-electron chi connectivity index (χ3n) is 24.3. The molecule has 4 aliphatic carbocycles. The fourth-order valence-electron chi connectivity index (χ4n) is 18.5. The molecule has 0 aromatic carbocycles. The molecule has 0 radical (unpaired) electrons. The number of ether oxygens (including phenoxy) is 13. The first-order valence-electron chi connectivity index (χ1n) is 34.3. The highest BCUT2D eigenvalue weighted by molar-refractivity contribution is 5.15. The average molecular weight is 1390 g/mol. The van der Waals surface area contributed by atoms with Gasteiger partial charge >= 0.3 is 0 Å². The second-order valence-electron chi connectivity index (χ2n) is 29.9. The molecular formula is C63H106O33. The Balaban J connectivity index is 0.787. The molecule has 42 atom stereocenters. The molecule has 7 heterocycles. The molecule has 1 unspecified atom stereocenters. The van der Waals surface area contributed by atoms with Gasteiger partial charge in [-0.3, -0.25) is 0 Å². The number of fused-ring (bicyclic) bond motifs is 7. The van der Waals surface area contributed by atoms with Gasteiger partial charge in [-0.1, -0.05) is 27.7 Å². The van der Waals surface area contributed by atoms with Crippen LogP contribution in [0.3, 0.4) is 0 Å². The van der Waals surface area contributed by atoms with E-state index in [-0.39, 0.29) is 47.2 Å². The highest BCUT2D eigenvalue weighted by atomic mass is 16.8. The summed E-state index contributed by atoms with van der Waals surface area (Å²) < 4.78 is 79.6. The van der Waals surface area contributed by atoms with Crippen LogP contribution in [0.2, 0.25) is 0 Å². The fourth-order valence-corrected chi connectivity index (χ4v) is 18.5. The number of aliphatic hydroxyl groups excluding tert-OH is 19. The fraction of sp³-hybridized carbons (Fsp3) is 1.00. The zero-order valence-corrected chi connectivity index (χ0v) is 54.6. The number of hydrogen-bond donors (Lipinski definition) is 20. The quantitative estimate of drug-likeness (QED) is 0.0475. The third kappa shape index (κ3) is 14.0. The van der Waals surface area contributed by atoms with Gasteiger partial charge in [0.1, 0.15) is 140 Å². The van der Waals surface area contributed by atoms with Crippen LogP contribution >= 0.6 is 0 Å². The first kappa shape index (κ1) is 75.8. The maximum Gasteiger partial charge on any atom is 0.187 e. The summed E-state index contributed by atoms with van der Waals surface area (Å²) in [6, 6.07) is 0. The lowest BCUT2D eigenvalue weighted by Crippen LogP contribution is -2.69. The van der Waals surface area contributed by atoms with E-state index in [4.69, 9.17) is 61.6 Å². The minimum Gasteiger partial charge on any atom is -0.394 e. The Morgan fingerprint density at radius 3 is 1.48 bits per heavy atom. The molecule has 0 aromatic heterocycles. The molecule has 96 heavy (non-hydrogen) atoms. The summed E-state index contributed by atoms with van der Waals surface area (Å²) in [5.74, 6) is -0.436. The molecular weight excluding hydrogens is 1280 g/mol. The van der Waals surface area contributed by atoms with Gasteiger partial charge in [0.25, 0.3) is 0 Å². The van der Waals surface area contributed by atoms with Gasteiger partial charge in [0.05, 0.1) is 58.0 Å². The van der Waals surface area contributed by atoms with Crippen molar-refractivity contribution in [2.75, 3.05) is 39.6 Å². The molecule has 4 saturated carbocycles. The largest absolute Gasteiger partial charge is 0.394 e. The predicted molar refractivity (Wildman–Crippen MR) is 315 cm³/mol. The van der Waals surface area contributed by atoms with E-state index in [0.717, 1.165) is 38.5 Å². The highest BCUT2D eigenvalue weighted by Gasteiger charge is 2.69. The SMILES string of the molecule is C[C@H](CCC1(O)O[C@H]2C[C@H]3[C@@H]4CC[C@H]5C[C@@H](O[C@@H]6O[C@H](CO)[C@H](O[C@@H]7O[C@H](CO)[C@@H](O)[C@H](O[C@@H]8O[C@H](CO)[C@@H](O)[C@H](O)[C@H]8O)[C@H]7O[C@@H]7O[C@H](CO)[C@@H](O)[C@H](O)[C@H]7O)[C@H](O)[C@H]6O[C@@H]6O[C@@H](C)[C@H](O)[C@@H](O)[C@H]6O)CC[C@]5(C)[C@H]4CC[C@]3(C)[C@H]2[C@@H]1C)CO[C@@H]1O[C@H](CO)[C@@H](O)[C@H](O)[C@H]1O. The Hall–Kier alpha value is -1.32. The van der Waals surface area contributed by atoms with E-state index in [1.807, 2.05) is 6.92 Å². The van der Waals surface area contributed by atoms with Crippen LogP contribution in [0.15, 0.2) is 0 Å². The minimum atomic E-state index is -2.13. The van der Waals surface area contributed by atoms with Crippen LogP contribution in [-0.2, 0) is 61.6 Å². The second-order valence-corrected chi connectivity index (χ2v) is 29.9. The van der Waals surface area contributed by atoms with Gasteiger partial charge in [-0.15, -0.1) is 0 Å². The molecule has 7 saturated heterocycles. The third-order valence-corrected chi connectivity index (χ3v) is 24.3. The molecule has 11 aliphatic rings. The summed E-state index contributed by atoms with van der Waals surface area (Å²) in [6.07, 6.45) is -46.8. The molecule has 0 spiro atoms. The summed E-state index contributed by atoms with van der Waals surface area (Å²) in [5, 5.41) is 217. The van der Waals surface area contributed by atoms with Crippen molar-refractivity contribution in [1.29, 1.82) is 0 Å². The van der Waals surface area contributed by atoms with Gasteiger partial charge in [-0.2, -0.15) is 0 Å². The Labute approximate surface area is 555 Å². The van der Waals surface area contributed by atoms with Crippen LogP contribution < -0.4 is 0 Å². The first-order valence-corrected chi connectivity index (χ1v) is 34.3. The molecule has 11 fully saturated rings. The molecule has 33 heteroatoms. The molecule has 0 bridgehead atoms. The van der Waals surface area contributed by atoms with E-state index < -0.39 is 229 Å². The van der Waals surface area contributed by atoms with Crippen LogP contribution in [-0.4, -0.2) is 344 Å². The molecule has 556 valence electrons. The van der Waals surface area contributed by atoms with Gasteiger partial charge < -0.3 is 164 Å². The summed E-state index contributed by atoms with van der Waals surface area (Å²) >= 11 is 0. The van der Waals surface area contributed by atoms with Crippen molar-refractivity contribution in [3.63, 3.8) is 0 Å². The van der Waals surface area contributed by atoms with Crippen molar-refractivity contribution >= 4 is 0 Å². The van der Waals surface area contributed by atoms with Crippen molar-refractivity contribution < 1.29 is 164 Å². The summed E-state index contributed by atoms with van der Waals surface area (Å²) in [5.41, 5.74) is -0.256. The zero-order valence-electron chi connectivity index (χ0n) is 54.6. The van der Waals surface area contributed by atoms with Crippen molar-refractivity contribution in [2.45, 2.75) is 301 Å². The van der Waals surface area contributed by atoms with Gasteiger partial charge in [0, 0.05) is 12.3 Å². The summed E-state index contributed by atoms with van der Waals surface area (Å²) in [4.78, 5) is 0. The Morgan fingerprint density at radius 2 is 0.896 bits per heavy atom. The van der Waals surface area contributed by atoms with Gasteiger partial charge in [-0.05, 0) is 111 Å². The van der Waals surface area contributed by atoms with E-state index in [1.54, 1.807) is 0 Å². The number of hydrogen-bond acceptors (Lipinski definition) is 33. The van der Waals surface area contributed by atoms with E-state index >= 15 is 0 Å². The lowest BCUT2D eigenvalue weighted by Gasteiger charge is -2.61. The topological polar surface area (TPSA) is 525 Å². The predicted octanol–water partition coefficient (Wildman–Crippen LogP) is -7.28. The molecule has 20 N–H and O–H groups in total. The number of aliphatic hydroxyl groups is 20. The zero-order chi connectivity index (χ0) is 69.5. The van der Waals surface area contributed by atoms with Crippen LogP contribution in [0, 0.1) is 52.3 Å². The van der Waals surface area contributed by atoms with E-state index in [0.29, 0.717) is 43.4 Å². The Kier molecular flexibility index (Phi) is 24.0. The highest BCUT2D eigenvalue weighted by Crippen LogP contribution is 2.71. The monoisotopic (exact) mass is 1390 g/mol. The average Bonchev–Trinajstić information content (AvgIpc) is 1.50. The summed E-state index contributed by atoms with van der Waals surface area (Å²) in [6.45, 7) is 5.91. The van der Waals surface area contributed by atoms with Gasteiger partial charge in [0.2, 0.25) is 0 Å². The van der Waals surface area contributed by atoms with Crippen LogP contribution in [0.1, 0.15) is 98.8 Å². The van der Waals surface area contributed by atoms with Crippen molar-refractivity contribution in [2.24, 2.45) is 52.3 Å². The smallest absolute Gasteiger partial charge is 0.187 e. The van der Waals surface area contributed by atoms with E-state index in [9.17, 15) is 102 Å². The lowest BCUT2D eigenvalue weighted by atomic mass is 9.44. The van der Waals surface area contributed by atoms with Gasteiger partial charge in [0.15, 0.2) is 43.5 Å². The standard InChI is InChI=1S/C63H106O33/c1-22(21-84-55-46(78)43(75)38(70)31(16-64)87-55)8-13-63(83)23(2)36-30(96-63)15-29-27-7-6-25-14-26(9-11-61(25,4)28(27)10-12-62(29,36)5)86-59-53(94-56-47(79)42(74)37(69)24(3)85-56)50(82)51(35(20-68)91-59)92-60-54(95-58-49(81)45(77)40(72)33(18-66)89-58)52(41(73)34(19-67)90-60)93-57-48(80)44(76)39(71)32(17-65)88-57/h22-60,64-83H,6-21H2,1-5H3/t22-,23+,24+,25+,26+,27-,28+,29+,30+,31-,32-,33-,34-,35-,36+,37+,38-,39-,40-,41-,42-,43+,44+,45+,46-,47-,48-,49-,50+,51+,52+,53-,54-,55-,56+,57+,58+,59-,60+,61+,62+,63?/m1/s1.